The summed E-state index contributed by atoms with van der Waals surface area (Å²) in [7, 11) is 3.15. The second-order valence-corrected chi connectivity index (χ2v) is 7.21. The van der Waals surface area contributed by atoms with Crippen LogP contribution in [0.4, 0.5) is 0 Å². The molecule has 2 aliphatic rings. The Labute approximate surface area is 164 Å². The van der Waals surface area contributed by atoms with Crippen LogP contribution in [0.2, 0.25) is 0 Å². The lowest BCUT2D eigenvalue weighted by Crippen LogP contribution is -2.44. The molecule has 0 bridgehead atoms. The quantitative estimate of drug-likeness (QED) is 0.751. The minimum Gasteiger partial charge on any atom is -0.493 e. The van der Waals surface area contributed by atoms with Gasteiger partial charge in [-0.05, 0) is 37.0 Å². The zero-order valence-electron chi connectivity index (χ0n) is 16.2. The van der Waals surface area contributed by atoms with Crippen LogP contribution in [-0.4, -0.2) is 72.6 Å². The number of nitrogens with zero attached hydrogens (tertiary/aromatic N) is 2. The fourth-order valence-electron chi connectivity index (χ4n) is 3.98. The zero-order chi connectivity index (χ0) is 20.3. The van der Waals surface area contributed by atoms with Gasteiger partial charge >= 0.3 is 5.97 Å². The van der Waals surface area contributed by atoms with Crippen LogP contribution < -0.4 is 9.47 Å². The summed E-state index contributed by atoms with van der Waals surface area (Å²) in [4.78, 5) is 39.5. The third-order valence-corrected chi connectivity index (χ3v) is 5.50. The van der Waals surface area contributed by atoms with Crippen molar-refractivity contribution >= 4 is 17.8 Å². The third-order valence-electron chi connectivity index (χ3n) is 5.50. The van der Waals surface area contributed by atoms with E-state index in [1.807, 2.05) is 18.2 Å². The van der Waals surface area contributed by atoms with Gasteiger partial charge in [-0.1, -0.05) is 6.07 Å². The maximum Gasteiger partial charge on any atom is 0.326 e. The van der Waals surface area contributed by atoms with Crippen molar-refractivity contribution in [1.82, 2.24) is 9.80 Å². The van der Waals surface area contributed by atoms with Crippen LogP contribution >= 0.6 is 0 Å². The van der Waals surface area contributed by atoms with E-state index in [4.69, 9.17) is 9.47 Å². The molecule has 0 spiro atoms. The minimum atomic E-state index is -0.972. The van der Waals surface area contributed by atoms with E-state index in [0.717, 1.165) is 5.56 Å². The SMILES string of the molecule is COc1ccc(CCN2CC(C(=O)N3CCCC3C(=O)O)CC2=O)cc1OC. The zero-order valence-corrected chi connectivity index (χ0v) is 16.2. The molecule has 1 aromatic carbocycles. The van der Waals surface area contributed by atoms with Crippen molar-refractivity contribution < 1.29 is 29.0 Å². The molecule has 0 aliphatic carbocycles. The molecule has 2 atom stereocenters. The van der Waals surface area contributed by atoms with E-state index >= 15 is 0 Å². The Morgan fingerprint density at radius 2 is 1.96 bits per heavy atom. The van der Waals surface area contributed by atoms with Crippen LogP contribution in [0.3, 0.4) is 0 Å². The van der Waals surface area contributed by atoms with Gasteiger partial charge in [-0.2, -0.15) is 0 Å². The first-order chi connectivity index (χ1) is 13.4. The van der Waals surface area contributed by atoms with Gasteiger partial charge in [0.25, 0.3) is 0 Å². The third kappa shape index (κ3) is 4.05. The molecule has 3 rings (SSSR count). The smallest absolute Gasteiger partial charge is 0.326 e. The van der Waals surface area contributed by atoms with Crippen LogP contribution in [0, 0.1) is 5.92 Å². The molecule has 28 heavy (non-hydrogen) atoms. The van der Waals surface area contributed by atoms with Crippen LogP contribution in [0.1, 0.15) is 24.8 Å². The Morgan fingerprint density at radius 3 is 2.64 bits per heavy atom. The first-order valence-electron chi connectivity index (χ1n) is 9.46. The second-order valence-electron chi connectivity index (χ2n) is 7.21. The van der Waals surface area contributed by atoms with E-state index in [1.54, 1.807) is 19.1 Å². The number of carboxylic acids is 1. The average Bonchev–Trinajstić information content (AvgIpc) is 3.32. The molecule has 1 aromatic rings. The largest absolute Gasteiger partial charge is 0.493 e. The summed E-state index contributed by atoms with van der Waals surface area (Å²) in [6.45, 7) is 1.29. The molecule has 8 heteroatoms. The molecular formula is C20H26N2O6. The number of methoxy groups -OCH3 is 2. The lowest BCUT2D eigenvalue weighted by atomic mass is 10.1. The fourth-order valence-corrected chi connectivity index (χ4v) is 3.98. The van der Waals surface area contributed by atoms with Crippen molar-refractivity contribution in [1.29, 1.82) is 0 Å². The second kappa shape index (κ2) is 8.50. The van der Waals surface area contributed by atoms with Gasteiger partial charge in [0.2, 0.25) is 11.8 Å². The molecule has 8 nitrogen and oxygen atoms in total. The predicted molar refractivity (Wildman–Crippen MR) is 100 cm³/mol. The van der Waals surface area contributed by atoms with Crippen molar-refractivity contribution in [3.8, 4) is 11.5 Å². The lowest BCUT2D eigenvalue weighted by molar-refractivity contribution is -0.149. The maximum absolute atomic E-state index is 12.7. The molecule has 0 radical (unpaired) electrons. The Hall–Kier alpha value is -2.77. The van der Waals surface area contributed by atoms with E-state index in [2.05, 4.69) is 0 Å². The van der Waals surface area contributed by atoms with Gasteiger partial charge in [0.1, 0.15) is 6.04 Å². The highest BCUT2D eigenvalue weighted by Gasteiger charge is 2.41. The number of carboxylic acid groups (broad SMARTS) is 1. The van der Waals surface area contributed by atoms with Gasteiger partial charge in [-0.3, -0.25) is 9.59 Å². The minimum absolute atomic E-state index is 0.0649. The maximum atomic E-state index is 12.7. The van der Waals surface area contributed by atoms with Crippen LogP contribution in [0.5, 0.6) is 11.5 Å². The standard InChI is InChI=1S/C20H26N2O6/c1-27-16-6-5-13(10-17(16)28-2)7-9-21-12-14(11-18(21)23)19(24)22-8-3-4-15(22)20(25)26/h5-6,10,14-15H,3-4,7-9,11-12H2,1-2H3,(H,25,26). The Kier molecular flexibility index (Phi) is 6.06. The molecule has 2 heterocycles. The van der Waals surface area contributed by atoms with E-state index in [0.29, 0.717) is 50.4 Å². The monoisotopic (exact) mass is 390 g/mol. The highest BCUT2D eigenvalue weighted by molar-refractivity contribution is 5.91. The molecule has 152 valence electrons. The van der Waals surface area contributed by atoms with Crippen molar-refractivity contribution in [2.75, 3.05) is 33.9 Å². The number of carbonyl (C=O) groups excluding carboxylic acids is 2. The molecule has 0 saturated carbocycles. The summed E-state index contributed by atoms with van der Waals surface area (Å²) >= 11 is 0. The number of likely N-dealkylation sites (tertiary alicyclic amines) is 2. The topological polar surface area (TPSA) is 96.4 Å². The van der Waals surface area contributed by atoms with E-state index in [1.165, 1.54) is 4.90 Å². The molecule has 2 unspecified atom stereocenters. The van der Waals surface area contributed by atoms with Gasteiger partial charge in [-0.25, -0.2) is 4.79 Å². The van der Waals surface area contributed by atoms with E-state index in [9.17, 15) is 19.5 Å². The molecule has 0 aromatic heterocycles. The number of carbonyl (C=O) groups is 3. The van der Waals surface area contributed by atoms with Crippen LogP contribution in [-0.2, 0) is 20.8 Å². The molecule has 2 fully saturated rings. The number of hydrogen-bond donors (Lipinski definition) is 1. The van der Waals surface area contributed by atoms with Gasteiger partial charge in [0, 0.05) is 26.1 Å². The van der Waals surface area contributed by atoms with Crippen molar-refractivity contribution in [3.05, 3.63) is 23.8 Å². The Bertz CT molecular complexity index is 765. The van der Waals surface area contributed by atoms with E-state index < -0.39 is 17.9 Å². The highest BCUT2D eigenvalue weighted by Crippen LogP contribution is 2.29. The average molecular weight is 390 g/mol. The fraction of sp³-hybridized carbons (Fsp3) is 0.550. The Balaban J connectivity index is 1.59. The first kappa shape index (κ1) is 20.0. The predicted octanol–water partition coefficient (Wildman–Crippen LogP) is 1.17. The molecule has 2 amide bonds. The van der Waals surface area contributed by atoms with Crippen LogP contribution in [0.15, 0.2) is 18.2 Å². The molecule has 2 aliphatic heterocycles. The summed E-state index contributed by atoms with van der Waals surface area (Å²) in [5.74, 6) is -0.433. The summed E-state index contributed by atoms with van der Waals surface area (Å²) in [6, 6.07) is 4.87. The van der Waals surface area contributed by atoms with Gasteiger partial charge in [0.05, 0.1) is 20.1 Å². The highest BCUT2D eigenvalue weighted by atomic mass is 16.5. The van der Waals surface area contributed by atoms with Gasteiger partial charge < -0.3 is 24.4 Å². The lowest BCUT2D eigenvalue weighted by Gasteiger charge is -2.24. The summed E-state index contributed by atoms with van der Waals surface area (Å²) in [5.41, 5.74) is 1.01. The van der Waals surface area contributed by atoms with Crippen molar-refractivity contribution in [2.45, 2.75) is 31.7 Å². The first-order valence-corrected chi connectivity index (χ1v) is 9.46. The van der Waals surface area contributed by atoms with Crippen LogP contribution in [0.25, 0.3) is 0 Å². The number of rotatable bonds is 7. The molecular weight excluding hydrogens is 364 g/mol. The summed E-state index contributed by atoms with van der Waals surface area (Å²) in [5, 5.41) is 9.28. The van der Waals surface area contributed by atoms with Crippen molar-refractivity contribution in [3.63, 3.8) is 0 Å². The number of hydrogen-bond acceptors (Lipinski definition) is 5. The Morgan fingerprint density at radius 1 is 1.21 bits per heavy atom. The van der Waals surface area contributed by atoms with E-state index in [-0.39, 0.29) is 18.2 Å². The van der Waals surface area contributed by atoms with Gasteiger partial charge in [0.15, 0.2) is 11.5 Å². The number of amides is 2. The normalized spacial score (nSPS) is 21.9. The van der Waals surface area contributed by atoms with Crippen molar-refractivity contribution in [2.24, 2.45) is 5.92 Å². The number of benzene rings is 1. The molecule has 1 N–H and O–H groups in total. The summed E-state index contributed by atoms with van der Waals surface area (Å²) < 4.78 is 10.5. The molecule has 2 saturated heterocycles. The number of ether oxygens (including phenoxy) is 2. The number of aliphatic carboxylic acids is 1. The summed E-state index contributed by atoms with van der Waals surface area (Å²) in [6.07, 6.45) is 1.94. The van der Waals surface area contributed by atoms with Gasteiger partial charge in [-0.15, -0.1) is 0 Å².